The van der Waals surface area contributed by atoms with Gasteiger partial charge in [0, 0.05) is 13.1 Å². The van der Waals surface area contributed by atoms with Crippen LogP contribution in [0.1, 0.15) is 27.8 Å². The van der Waals surface area contributed by atoms with Crippen LogP contribution in [-0.4, -0.2) is 16.7 Å². The first-order valence-electron chi connectivity index (χ1n) is 3.11. The van der Waals surface area contributed by atoms with Crippen LogP contribution in [0.2, 0.25) is 0 Å². The number of nitrogens with one attached hydrogen (secondary N) is 1. The Morgan fingerprint density at radius 1 is 1.55 bits per heavy atom. The molecule has 0 bridgehead atoms. The molecule has 11 heavy (non-hydrogen) atoms. The minimum atomic E-state index is -0.587. The molecule has 0 aliphatic rings. The Balaban J connectivity index is 3.16. The third kappa shape index (κ3) is 1.29. The summed E-state index contributed by atoms with van der Waals surface area (Å²) in [6, 6.07) is 1.49. The summed E-state index contributed by atoms with van der Waals surface area (Å²) in [5, 5.41) is 0. The monoisotopic (exact) mass is 152 g/mol. The van der Waals surface area contributed by atoms with E-state index in [-0.39, 0.29) is 17.0 Å². The van der Waals surface area contributed by atoms with Crippen LogP contribution in [0.25, 0.3) is 0 Å². The predicted octanol–water partition coefficient (Wildman–Crippen LogP) is 0.316. The second-order valence-electron chi connectivity index (χ2n) is 2.19. The van der Waals surface area contributed by atoms with Crippen molar-refractivity contribution in [2.75, 3.05) is 0 Å². The molecular weight excluding hydrogens is 144 g/mol. The number of hydrogen-bond acceptors (Lipinski definition) is 2. The van der Waals surface area contributed by atoms with Crippen LogP contribution in [0.15, 0.2) is 12.3 Å². The molecule has 0 saturated heterocycles. The molecule has 0 spiro atoms. The quantitative estimate of drug-likeness (QED) is 0.598. The maximum atomic E-state index is 10.8. The van der Waals surface area contributed by atoms with E-state index in [2.05, 4.69) is 4.98 Å². The summed E-state index contributed by atoms with van der Waals surface area (Å²) >= 11 is 0. The average molecular weight is 152 g/mol. The van der Waals surface area contributed by atoms with Gasteiger partial charge in [0.15, 0.2) is 5.78 Å². The highest BCUT2D eigenvalue weighted by molar-refractivity contribution is 6.05. The zero-order valence-electron chi connectivity index (χ0n) is 6.05. The zero-order valence-corrected chi connectivity index (χ0v) is 6.05. The van der Waals surface area contributed by atoms with Gasteiger partial charge in [0.1, 0.15) is 0 Å². The molecule has 1 aromatic heterocycles. The molecule has 0 aromatic carbocycles. The number of H-pyrrole nitrogens is 1. The van der Waals surface area contributed by atoms with Crippen LogP contribution in [0, 0.1) is 0 Å². The standard InChI is InChI=1S/C7H8N2O2/c1-4(10)6-5(7(8)11)2-3-9-6/h2-3,9H,1H3,(H2,8,11). The van der Waals surface area contributed by atoms with Crippen molar-refractivity contribution in [3.63, 3.8) is 0 Å². The second-order valence-corrected chi connectivity index (χ2v) is 2.19. The molecule has 0 radical (unpaired) electrons. The highest BCUT2D eigenvalue weighted by atomic mass is 16.1. The molecule has 0 aliphatic carbocycles. The second kappa shape index (κ2) is 2.57. The van der Waals surface area contributed by atoms with Crippen LogP contribution in [0.4, 0.5) is 0 Å². The lowest BCUT2D eigenvalue weighted by Gasteiger charge is -1.92. The molecule has 1 amide bonds. The van der Waals surface area contributed by atoms with E-state index >= 15 is 0 Å². The molecule has 0 aliphatic heterocycles. The Morgan fingerprint density at radius 2 is 2.18 bits per heavy atom. The van der Waals surface area contributed by atoms with E-state index in [0.717, 1.165) is 0 Å². The van der Waals surface area contributed by atoms with Crippen molar-refractivity contribution in [3.8, 4) is 0 Å². The summed E-state index contributed by atoms with van der Waals surface area (Å²) < 4.78 is 0. The summed E-state index contributed by atoms with van der Waals surface area (Å²) in [4.78, 5) is 24.1. The fraction of sp³-hybridized carbons (Fsp3) is 0.143. The zero-order chi connectivity index (χ0) is 8.43. The van der Waals surface area contributed by atoms with Gasteiger partial charge >= 0.3 is 0 Å². The highest BCUT2D eigenvalue weighted by Gasteiger charge is 2.11. The average Bonchev–Trinajstić information content (AvgIpc) is 2.32. The molecule has 0 atom stereocenters. The lowest BCUT2D eigenvalue weighted by atomic mass is 10.2. The normalized spacial score (nSPS) is 9.55. The molecule has 3 N–H and O–H groups in total. The summed E-state index contributed by atoms with van der Waals surface area (Å²) in [6.45, 7) is 1.37. The van der Waals surface area contributed by atoms with E-state index < -0.39 is 5.91 Å². The molecule has 1 heterocycles. The van der Waals surface area contributed by atoms with Crippen molar-refractivity contribution in [3.05, 3.63) is 23.5 Å². The van der Waals surface area contributed by atoms with Gasteiger partial charge in [-0.2, -0.15) is 0 Å². The fourth-order valence-electron chi connectivity index (χ4n) is 0.866. The van der Waals surface area contributed by atoms with Gasteiger partial charge in [-0.05, 0) is 6.07 Å². The molecule has 1 rings (SSSR count). The van der Waals surface area contributed by atoms with E-state index in [0.29, 0.717) is 0 Å². The summed E-state index contributed by atoms with van der Waals surface area (Å²) in [5.41, 5.74) is 5.51. The molecule has 58 valence electrons. The van der Waals surface area contributed by atoms with Crippen molar-refractivity contribution < 1.29 is 9.59 Å². The van der Waals surface area contributed by atoms with E-state index in [1.807, 2.05) is 0 Å². The summed E-state index contributed by atoms with van der Waals surface area (Å²) in [5.74, 6) is -0.778. The first-order valence-corrected chi connectivity index (χ1v) is 3.11. The molecule has 0 fully saturated rings. The molecule has 4 nitrogen and oxygen atoms in total. The van der Waals surface area contributed by atoms with Crippen molar-refractivity contribution in [1.29, 1.82) is 0 Å². The predicted molar refractivity (Wildman–Crippen MR) is 39.3 cm³/mol. The lowest BCUT2D eigenvalue weighted by molar-refractivity contribution is 0.0971. The van der Waals surface area contributed by atoms with Crippen molar-refractivity contribution in [2.24, 2.45) is 5.73 Å². The Labute approximate surface area is 63.4 Å². The van der Waals surface area contributed by atoms with Gasteiger partial charge in [0.25, 0.3) is 5.91 Å². The number of carbonyl (C=O) groups is 2. The van der Waals surface area contributed by atoms with Crippen LogP contribution in [0.3, 0.4) is 0 Å². The maximum Gasteiger partial charge on any atom is 0.250 e. The minimum absolute atomic E-state index is 0.191. The van der Waals surface area contributed by atoms with Crippen molar-refractivity contribution in [1.82, 2.24) is 4.98 Å². The highest BCUT2D eigenvalue weighted by Crippen LogP contribution is 2.05. The SMILES string of the molecule is CC(=O)c1[nH]ccc1C(N)=O. The van der Waals surface area contributed by atoms with Gasteiger partial charge in [-0.3, -0.25) is 9.59 Å². The van der Waals surface area contributed by atoms with Crippen LogP contribution in [0.5, 0.6) is 0 Å². The van der Waals surface area contributed by atoms with Gasteiger partial charge in [-0.1, -0.05) is 0 Å². The molecular formula is C7H8N2O2. The number of carbonyl (C=O) groups excluding carboxylic acids is 2. The number of Topliss-reactive ketones (excluding diaryl/α,β-unsaturated/α-hetero) is 1. The van der Waals surface area contributed by atoms with E-state index in [4.69, 9.17) is 5.73 Å². The molecule has 1 aromatic rings. The Bertz CT molecular complexity index is 273. The number of hydrogen-bond donors (Lipinski definition) is 2. The van der Waals surface area contributed by atoms with Crippen LogP contribution < -0.4 is 5.73 Å². The third-order valence-corrected chi connectivity index (χ3v) is 1.36. The van der Waals surface area contributed by atoms with E-state index in [1.165, 1.54) is 19.2 Å². The van der Waals surface area contributed by atoms with Crippen molar-refractivity contribution in [2.45, 2.75) is 6.92 Å². The Morgan fingerprint density at radius 3 is 2.55 bits per heavy atom. The smallest absolute Gasteiger partial charge is 0.250 e. The molecule has 4 heteroatoms. The lowest BCUT2D eigenvalue weighted by Crippen LogP contribution is -2.13. The Kier molecular flexibility index (Phi) is 1.76. The van der Waals surface area contributed by atoms with Gasteiger partial charge in [-0.15, -0.1) is 0 Å². The number of aromatic nitrogens is 1. The van der Waals surface area contributed by atoms with Gasteiger partial charge in [-0.25, -0.2) is 0 Å². The number of primary amides is 1. The summed E-state index contributed by atoms with van der Waals surface area (Å²) in [7, 11) is 0. The number of nitrogens with two attached hydrogens (primary N) is 1. The van der Waals surface area contributed by atoms with Gasteiger partial charge < -0.3 is 10.7 Å². The number of rotatable bonds is 2. The molecule has 0 unspecified atom stereocenters. The maximum absolute atomic E-state index is 10.8. The van der Waals surface area contributed by atoms with Gasteiger partial charge in [0.2, 0.25) is 0 Å². The number of ketones is 1. The number of amides is 1. The van der Waals surface area contributed by atoms with E-state index in [1.54, 1.807) is 0 Å². The third-order valence-electron chi connectivity index (χ3n) is 1.36. The Hall–Kier alpha value is -1.58. The first kappa shape index (κ1) is 7.53. The topological polar surface area (TPSA) is 75.9 Å². The number of aromatic amines is 1. The first-order chi connectivity index (χ1) is 5.13. The van der Waals surface area contributed by atoms with E-state index in [9.17, 15) is 9.59 Å². The molecule has 0 saturated carbocycles. The van der Waals surface area contributed by atoms with Crippen LogP contribution >= 0.6 is 0 Å². The van der Waals surface area contributed by atoms with Crippen LogP contribution in [-0.2, 0) is 0 Å². The largest absolute Gasteiger partial charge is 0.366 e. The minimum Gasteiger partial charge on any atom is -0.366 e. The van der Waals surface area contributed by atoms with Gasteiger partial charge in [0.05, 0.1) is 11.3 Å². The van der Waals surface area contributed by atoms with Crippen molar-refractivity contribution >= 4 is 11.7 Å². The summed E-state index contributed by atoms with van der Waals surface area (Å²) in [6.07, 6.45) is 1.51. The fourth-order valence-corrected chi connectivity index (χ4v) is 0.866.